The van der Waals surface area contributed by atoms with Gasteiger partial charge in [0.15, 0.2) is 0 Å². The Morgan fingerprint density at radius 2 is 1.78 bits per heavy atom. The van der Waals surface area contributed by atoms with Gasteiger partial charge in [-0.15, -0.1) is 0 Å². The van der Waals surface area contributed by atoms with Crippen LogP contribution in [-0.4, -0.2) is 36.7 Å². The first kappa shape index (κ1) is 20.5. The summed E-state index contributed by atoms with van der Waals surface area (Å²) in [4.78, 5) is 23.7. The van der Waals surface area contributed by atoms with E-state index >= 15 is 0 Å². The number of rotatable bonds is 10. The van der Waals surface area contributed by atoms with Gasteiger partial charge in [-0.2, -0.15) is 0 Å². The van der Waals surface area contributed by atoms with Crippen molar-refractivity contribution in [2.24, 2.45) is 5.92 Å². The number of carbonyl (C=O) groups is 2. The lowest BCUT2D eigenvalue weighted by atomic mass is 9.99. The molecule has 0 saturated heterocycles. The van der Waals surface area contributed by atoms with Gasteiger partial charge < -0.3 is 19.9 Å². The van der Waals surface area contributed by atoms with Gasteiger partial charge in [-0.3, -0.25) is 9.59 Å². The first-order valence-electron chi connectivity index (χ1n) is 8.78. The lowest BCUT2D eigenvalue weighted by Gasteiger charge is -2.17. The monoisotopic (exact) mass is 371 g/mol. The maximum Gasteiger partial charge on any atom is 0.308 e. The van der Waals surface area contributed by atoms with Crippen molar-refractivity contribution in [2.45, 2.75) is 26.1 Å². The van der Waals surface area contributed by atoms with E-state index in [2.05, 4.69) is 5.32 Å². The molecule has 0 aliphatic carbocycles. The van der Waals surface area contributed by atoms with Gasteiger partial charge in [-0.05, 0) is 36.6 Å². The third-order valence-electron chi connectivity index (χ3n) is 4.20. The third-order valence-corrected chi connectivity index (χ3v) is 4.20. The van der Waals surface area contributed by atoms with Crippen LogP contribution in [-0.2, 0) is 27.4 Å². The number of ether oxygens (including phenoxy) is 2. The summed E-state index contributed by atoms with van der Waals surface area (Å²) in [7, 11) is 1.59. The molecular weight excluding hydrogens is 346 g/mol. The molecule has 6 heteroatoms. The minimum absolute atomic E-state index is 0.0515. The van der Waals surface area contributed by atoms with E-state index in [4.69, 9.17) is 9.47 Å². The molecule has 2 aromatic carbocycles. The van der Waals surface area contributed by atoms with Crippen LogP contribution in [0.25, 0.3) is 0 Å². The third kappa shape index (κ3) is 6.75. The maximum atomic E-state index is 12.2. The summed E-state index contributed by atoms with van der Waals surface area (Å²) in [5, 5.41) is 12.1. The molecule has 0 spiro atoms. The Balaban J connectivity index is 1.82. The summed E-state index contributed by atoms with van der Waals surface area (Å²) in [6.45, 7) is 1.95. The molecule has 0 aromatic heterocycles. The Bertz CT molecular complexity index is 747. The minimum atomic E-state index is -0.941. The van der Waals surface area contributed by atoms with Crippen LogP contribution in [0.15, 0.2) is 54.6 Å². The second-order valence-corrected chi connectivity index (χ2v) is 6.27. The number of amides is 1. The van der Waals surface area contributed by atoms with Crippen LogP contribution < -0.4 is 10.1 Å². The van der Waals surface area contributed by atoms with Gasteiger partial charge in [-0.25, -0.2) is 0 Å². The quantitative estimate of drug-likeness (QED) is 0.671. The van der Waals surface area contributed by atoms with Crippen LogP contribution in [0.4, 0.5) is 0 Å². The number of nitrogens with one attached hydrogen (secondary N) is 1. The lowest BCUT2D eigenvalue weighted by Crippen LogP contribution is -2.39. The SMILES string of the molecule is COc1cccc(COC(C)C(=O)NCC(Cc2ccccc2)C(=O)O)c1. The predicted molar refractivity (Wildman–Crippen MR) is 102 cm³/mol. The Labute approximate surface area is 159 Å². The van der Waals surface area contributed by atoms with Crippen LogP contribution in [0.3, 0.4) is 0 Å². The molecule has 0 saturated carbocycles. The molecule has 0 bridgehead atoms. The topological polar surface area (TPSA) is 84.9 Å². The molecule has 2 aromatic rings. The lowest BCUT2D eigenvalue weighted by molar-refractivity contribution is -0.142. The van der Waals surface area contributed by atoms with E-state index < -0.39 is 18.0 Å². The zero-order valence-corrected chi connectivity index (χ0v) is 15.6. The fourth-order valence-electron chi connectivity index (χ4n) is 2.57. The molecule has 1 amide bonds. The first-order valence-corrected chi connectivity index (χ1v) is 8.78. The average Bonchev–Trinajstić information content (AvgIpc) is 2.69. The minimum Gasteiger partial charge on any atom is -0.497 e. The summed E-state index contributed by atoms with van der Waals surface area (Å²) in [6, 6.07) is 16.8. The molecule has 0 heterocycles. The summed E-state index contributed by atoms with van der Waals surface area (Å²) < 4.78 is 10.7. The van der Waals surface area contributed by atoms with Crippen molar-refractivity contribution >= 4 is 11.9 Å². The highest BCUT2D eigenvalue weighted by molar-refractivity contribution is 5.81. The molecular formula is C21H25NO5. The standard InChI is InChI=1S/C21H25NO5/c1-15(27-14-17-9-6-10-19(12-17)26-2)20(23)22-13-18(21(24)25)11-16-7-4-3-5-8-16/h3-10,12,15,18H,11,13-14H2,1-2H3,(H,22,23)(H,24,25). The van der Waals surface area contributed by atoms with E-state index in [9.17, 15) is 14.7 Å². The summed E-state index contributed by atoms with van der Waals surface area (Å²) in [5.74, 6) is -1.25. The van der Waals surface area contributed by atoms with Crippen molar-refractivity contribution in [3.05, 3.63) is 65.7 Å². The summed E-state index contributed by atoms with van der Waals surface area (Å²) >= 11 is 0. The number of carboxylic acid groups (broad SMARTS) is 1. The Hall–Kier alpha value is -2.86. The van der Waals surface area contributed by atoms with Gasteiger partial charge in [0.05, 0.1) is 19.6 Å². The van der Waals surface area contributed by atoms with E-state index in [-0.39, 0.29) is 19.1 Å². The van der Waals surface area contributed by atoms with Crippen LogP contribution in [0.2, 0.25) is 0 Å². The molecule has 144 valence electrons. The molecule has 6 nitrogen and oxygen atoms in total. The van der Waals surface area contributed by atoms with Crippen LogP contribution >= 0.6 is 0 Å². The van der Waals surface area contributed by atoms with Crippen molar-refractivity contribution in [3.8, 4) is 5.75 Å². The van der Waals surface area contributed by atoms with Crippen LogP contribution in [0.1, 0.15) is 18.1 Å². The molecule has 2 rings (SSSR count). The molecule has 27 heavy (non-hydrogen) atoms. The highest BCUT2D eigenvalue weighted by atomic mass is 16.5. The zero-order chi connectivity index (χ0) is 19.6. The number of carboxylic acids is 1. The van der Waals surface area contributed by atoms with Crippen molar-refractivity contribution < 1.29 is 24.2 Å². The molecule has 2 atom stereocenters. The Morgan fingerprint density at radius 1 is 1.07 bits per heavy atom. The van der Waals surface area contributed by atoms with Gasteiger partial charge in [0.1, 0.15) is 11.9 Å². The number of carbonyl (C=O) groups excluding carboxylic acids is 1. The number of hydrogen-bond acceptors (Lipinski definition) is 4. The zero-order valence-electron chi connectivity index (χ0n) is 15.6. The van der Waals surface area contributed by atoms with E-state index in [1.165, 1.54) is 0 Å². The van der Waals surface area contributed by atoms with Crippen LogP contribution in [0.5, 0.6) is 5.75 Å². The van der Waals surface area contributed by atoms with Crippen molar-refractivity contribution in [1.82, 2.24) is 5.32 Å². The van der Waals surface area contributed by atoms with E-state index in [0.717, 1.165) is 16.9 Å². The Kier molecular flexibility index (Phi) is 7.82. The number of hydrogen-bond donors (Lipinski definition) is 2. The number of aliphatic carboxylic acids is 1. The normalized spacial score (nSPS) is 12.8. The molecule has 2 N–H and O–H groups in total. The van der Waals surface area contributed by atoms with Gasteiger partial charge in [-0.1, -0.05) is 42.5 Å². The van der Waals surface area contributed by atoms with Crippen molar-refractivity contribution in [1.29, 1.82) is 0 Å². The average molecular weight is 371 g/mol. The fourth-order valence-corrected chi connectivity index (χ4v) is 2.57. The molecule has 2 unspecified atom stereocenters. The second-order valence-electron chi connectivity index (χ2n) is 6.27. The fraction of sp³-hybridized carbons (Fsp3) is 0.333. The highest BCUT2D eigenvalue weighted by Crippen LogP contribution is 2.14. The largest absolute Gasteiger partial charge is 0.497 e. The van der Waals surface area contributed by atoms with E-state index in [1.807, 2.05) is 54.6 Å². The van der Waals surface area contributed by atoms with Gasteiger partial charge in [0.25, 0.3) is 0 Å². The van der Waals surface area contributed by atoms with Crippen molar-refractivity contribution in [3.63, 3.8) is 0 Å². The Morgan fingerprint density at radius 3 is 2.44 bits per heavy atom. The predicted octanol–water partition coefficient (Wildman–Crippen LogP) is 2.66. The molecule has 0 aliphatic rings. The van der Waals surface area contributed by atoms with E-state index in [0.29, 0.717) is 6.42 Å². The number of methoxy groups -OCH3 is 1. The van der Waals surface area contributed by atoms with Gasteiger partial charge >= 0.3 is 5.97 Å². The second kappa shape index (κ2) is 10.3. The van der Waals surface area contributed by atoms with Gasteiger partial charge in [0.2, 0.25) is 5.91 Å². The summed E-state index contributed by atoms with van der Waals surface area (Å²) in [6.07, 6.45) is -0.336. The molecule has 0 aliphatic heterocycles. The molecule has 0 fully saturated rings. The maximum absolute atomic E-state index is 12.2. The van der Waals surface area contributed by atoms with Gasteiger partial charge in [0, 0.05) is 6.54 Å². The summed E-state index contributed by atoms with van der Waals surface area (Å²) in [5.41, 5.74) is 1.81. The molecule has 0 radical (unpaired) electrons. The van der Waals surface area contributed by atoms with Crippen LogP contribution in [0, 0.1) is 5.92 Å². The van der Waals surface area contributed by atoms with Crippen molar-refractivity contribution in [2.75, 3.05) is 13.7 Å². The highest BCUT2D eigenvalue weighted by Gasteiger charge is 2.21. The smallest absolute Gasteiger partial charge is 0.308 e. The first-order chi connectivity index (χ1) is 13.0. The van der Waals surface area contributed by atoms with E-state index in [1.54, 1.807) is 14.0 Å². The number of benzene rings is 2.